The van der Waals surface area contributed by atoms with E-state index in [4.69, 9.17) is 4.74 Å². The molecule has 0 radical (unpaired) electrons. The van der Waals surface area contributed by atoms with Crippen LogP contribution in [0, 0.1) is 12.7 Å². The summed E-state index contributed by atoms with van der Waals surface area (Å²) in [6.45, 7) is 6.21. The molecule has 0 heterocycles. The van der Waals surface area contributed by atoms with E-state index in [-0.39, 0.29) is 30.7 Å². The lowest BCUT2D eigenvalue weighted by Crippen LogP contribution is -2.49. The van der Waals surface area contributed by atoms with E-state index >= 15 is 0 Å². The Bertz CT molecular complexity index is 808. The fourth-order valence-electron chi connectivity index (χ4n) is 2.79. The molecule has 156 valence electrons. The highest BCUT2D eigenvalue weighted by atomic mass is 19.1. The summed E-state index contributed by atoms with van der Waals surface area (Å²) in [5, 5.41) is 2.86. The maximum absolute atomic E-state index is 13.8. The van der Waals surface area contributed by atoms with Gasteiger partial charge in [0.05, 0.1) is 0 Å². The fourth-order valence-corrected chi connectivity index (χ4v) is 2.79. The van der Waals surface area contributed by atoms with Gasteiger partial charge < -0.3 is 15.0 Å². The largest absolute Gasteiger partial charge is 0.481 e. The van der Waals surface area contributed by atoms with E-state index in [0.717, 1.165) is 24.0 Å². The van der Waals surface area contributed by atoms with Gasteiger partial charge in [0, 0.05) is 13.1 Å². The van der Waals surface area contributed by atoms with Crippen molar-refractivity contribution in [3.05, 3.63) is 65.5 Å². The third-order valence-electron chi connectivity index (χ3n) is 4.66. The lowest BCUT2D eigenvalue weighted by atomic mass is 10.1. The van der Waals surface area contributed by atoms with Gasteiger partial charge in [0.1, 0.15) is 6.04 Å². The molecule has 0 aliphatic carbocycles. The third kappa shape index (κ3) is 6.89. The van der Waals surface area contributed by atoms with Gasteiger partial charge in [-0.05, 0) is 38.0 Å². The first-order valence-corrected chi connectivity index (χ1v) is 9.92. The van der Waals surface area contributed by atoms with Crippen LogP contribution in [0.5, 0.6) is 5.75 Å². The molecule has 2 rings (SSSR count). The quantitative estimate of drug-likeness (QED) is 0.617. The van der Waals surface area contributed by atoms with Crippen molar-refractivity contribution in [1.82, 2.24) is 10.2 Å². The van der Waals surface area contributed by atoms with Crippen molar-refractivity contribution in [3.8, 4) is 5.75 Å². The molecular weight excluding hydrogens is 371 g/mol. The van der Waals surface area contributed by atoms with E-state index in [9.17, 15) is 14.0 Å². The number of hydrogen-bond acceptors (Lipinski definition) is 3. The predicted molar refractivity (Wildman–Crippen MR) is 111 cm³/mol. The second kappa shape index (κ2) is 11.2. The molecule has 0 aromatic heterocycles. The lowest BCUT2D eigenvalue weighted by Gasteiger charge is -2.28. The average Bonchev–Trinajstić information content (AvgIpc) is 2.72. The van der Waals surface area contributed by atoms with Crippen LogP contribution in [-0.2, 0) is 16.1 Å². The van der Waals surface area contributed by atoms with Gasteiger partial charge in [-0.25, -0.2) is 4.39 Å². The number of aryl methyl sites for hydroxylation is 1. The Morgan fingerprint density at radius 2 is 1.83 bits per heavy atom. The minimum absolute atomic E-state index is 0.0104. The number of halogens is 1. The standard InChI is InChI=1S/C23H29FN2O3/c1-4-5-14-25-23(28)18(3)26(15-19-12-10-17(2)11-13-19)22(27)16-29-21-9-7-6-8-20(21)24/h6-13,18H,4-5,14-16H2,1-3H3,(H,25,28)/t18-/m1/s1. The summed E-state index contributed by atoms with van der Waals surface area (Å²) in [6.07, 6.45) is 1.85. The molecule has 2 aromatic carbocycles. The smallest absolute Gasteiger partial charge is 0.261 e. The molecule has 1 atom stereocenters. The van der Waals surface area contributed by atoms with E-state index in [1.54, 1.807) is 19.1 Å². The number of nitrogens with zero attached hydrogens (tertiary/aromatic N) is 1. The van der Waals surface area contributed by atoms with Crippen molar-refractivity contribution < 1.29 is 18.7 Å². The monoisotopic (exact) mass is 400 g/mol. The summed E-state index contributed by atoms with van der Waals surface area (Å²) in [5.74, 6) is -1.12. The van der Waals surface area contributed by atoms with Crippen LogP contribution in [0.4, 0.5) is 4.39 Å². The van der Waals surface area contributed by atoms with Gasteiger partial charge in [0.25, 0.3) is 5.91 Å². The SMILES string of the molecule is CCCCNC(=O)[C@@H](C)N(Cc1ccc(C)cc1)C(=O)COc1ccccc1F. The highest BCUT2D eigenvalue weighted by molar-refractivity contribution is 5.87. The molecule has 6 heteroatoms. The Morgan fingerprint density at radius 3 is 2.48 bits per heavy atom. The number of para-hydroxylation sites is 1. The number of ether oxygens (including phenoxy) is 1. The number of unbranched alkanes of at least 4 members (excludes halogenated alkanes) is 1. The van der Waals surface area contributed by atoms with Crippen molar-refractivity contribution >= 4 is 11.8 Å². The normalized spacial score (nSPS) is 11.6. The van der Waals surface area contributed by atoms with E-state index < -0.39 is 11.9 Å². The second-order valence-corrected chi connectivity index (χ2v) is 7.05. The minimum Gasteiger partial charge on any atom is -0.481 e. The molecule has 5 nitrogen and oxygen atoms in total. The van der Waals surface area contributed by atoms with Gasteiger partial charge in [-0.1, -0.05) is 55.3 Å². The molecule has 0 aliphatic rings. The van der Waals surface area contributed by atoms with Crippen LogP contribution in [0.15, 0.2) is 48.5 Å². The van der Waals surface area contributed by atoms with Crippen molar-refractivity contribution in [1.29, 1.82) is 0 Å². The van der Waals surface area contributed by atoms with Crippen LogP contribution < -0.4 is 10.1 Å². The third-order valence-corrected chi connectivity index (χ3v) is 4.66. The number of hydrogen-bond donors (Lipinski definition) is 1. The first-order valence-electron chi connectivity index (χ1n) is 9.92. The first-order chi connectivity index (χ1) is 13.9. The van der Waals surface area contributed by atoms with E-state index in [2.05, 4.69) is 5.32 Å². The van der Waals surface area contributed by atoms with Crippen LogP contribution in [0.2, 0.25) is 0 Å². The summed E-state index contributed by atoms with van der Waals surface area (Å²) in [5.41, 5.74) is 2.02. The zero-order valence-corrected chi connectivity index (χ0v) is 17.3. The second-order valence-electron chi connectivity index (χ2n) is 7.05. The molecule has 0 saturated carbocycles. The first kappa shape index (κ1) is 22.4. The lowest BCUT2D eigenvalue weighted by molar-refractivity contribution is -0.142. The van der Waals surface area contributed by atoms with Gasteiger partial charge >= 0.3 is 0 Å². The maximum Gasteiger partial charge on any atom is 0.261 e. The number of nitrogens with one attached hydrogen (secondary N) is 1. The molecule has 1 N–H and O–H groups in total. The molecule has 29 heavy (non-hydrogen) atoms. The number of carbonyl (C=O) groups is 2. The van der Waals surface area contributed by atoms with Gasteiger partial charge in [0.15, 0.2) is 18.2 Å². The highest BCUT2D eigenvalue weighted by Crippen LogP contribution is 2.16. The molecule has 0 saturated heterocycles. The Balaban J connectivity index is 2.11. The van der Waals surface area contributed by atoms with Crippen LogP contribution in [-0.4, -0.2) is 35.9 Å². The van der Waals surface area contributed by atoms with Gasteiger partial charge in [-0.3, -0.25) is 9.59 Å². The molecule has 0 fully saturated rings. The number of carbonyl (C=O) groups excluding carboxylic acids is 2. The van der Waals surface area contributed by atoms with E-state index in [1.807, 2.05) is 38.1 Å². The summed E-state index contributed by atoms with van der Waals surface area (Å²) in [7, 11) is 0. The fraction of sp³-hybridized carbons (Fsp3) is 0.391. The Kier molecular flexibility index (Phi) is 8.65. The topological polar surface area (TPSA) is 58.6 Å². The molecule has 2 aromatic rings. The van der Waals surface area contributed by atoms with Crippen molar-refractivity contribution in [2.75, 3.05) is 13.2 Å². The number of benzene rings is 2. The molecule has 0 bridgehead atoms. The van der Waals surface area contributed by atoms with Crippen LogP contribution in [0.1, 0.15) is 37.8 Å². The number of rotatable bonds is 10. The van der Waals surface area contributed by atoms with Crippen LogP contribution in [0.3, 0.4) is 0 Å². The summed E-state index contributed by atoms with van der Waals surface area (Å²) >= 11 is 0. The van der Waals surface area contributed by atoms with E-state index in [0.29, 0.717) is 6.54 Å². The van der Waals surface area contributed by atoms with Crippen molar-refractivity contribution in [2.45, 2.75) is 46.2 Å². The Morgan fingerprint density at radius 1 is 1.14 bits per heavy atom. The zero-order chi connectivity index (χ0) is 21.2. The van der Waals surface area contributed by atoms with Gasteiger partial charge in [0.2, 0.25) is 5.91 Å². The van der Waals surface area contributed by atoms with Crippen LogP contribution in [0.25, 0.3) is 0 Å². The summed E-state index contributed by atoms with van der Waals surface area (Å²) < 4.78 is 19.1. The minimum atomic E-state index is -0.676. The molecule has 0 unspecified atom stereocenters. The van der Waals surface area contributed by atoms with Crippen molar-refractivity contribution in [2.24, 2.45) is 0 Å². The summed E-state index contributed by atoms with van der Waals surface area (Å²) in [4.78, 5) is 26.9. The number of amides is 2. The summed E-state index contributed by atoms with van der Waals surface area (Å²) in [6, 6.07) is 13.0. The highest BCUT2D eigenvalue weighted by Gasteiger charge is 2.26. The molecular formula is C23H29FN2O3. The molecule has 2 amide bonds. The average molecular weight is 400 g/mol. The van der Waals surface area contributed by atoms with Crippen molar-refractivity contribution in [3.63, 3.8) is 0 Å². The zero-order valence-electron chi connectivity index (χ0n) is 17.3. The maximum atomic E-state index is 13.8. The van der Waals surface area contributed by atoms with Crippen LogP contribution >= 0.6 is 0 Å². The Labute approximate surface area is 171 Å². The molecule has 0 spiro atoms. The van der Waals surface area contributed by atoms with Gasteiger partial charge in [-0.2, -0.15) is 0 Å². The van der Waals surface area contributed by atoms with Gasteiger partial charge in [-0.15, -0.1) is 0 Å². The predicted octanol–water partition coefficient (Wildman–Crippen LogP) is 3.85. The Hall–Kier alpha value is -2.89. The van der Waals surface area contributed by atoms with E-state index in [1.165, 1.54) is 17.0 Å². The molecule has 0 aliphatic heterocycles.